The van der Waals surface area contributed by atoms with Crippen LogP contribution in [0.15, 0.2) is 77.7 Å². The summed E-state index contributed by atoms with van der Waals surface area (Å²) in [5, 5.41) is 3.13. The van der Waals surface area contributed by atoms with E-state index in [4.69, 9.17) is 4.74 Å². The zero-order chi connectivity index (χ0) is 30.3. The van der Waals surface area contributed by atoms with Gasteiger partial charge in [-0.25, -0.2) is 8.42 Å². The number of amides is 2. The lowest BCUT2D eigenvalue weighted by molar-refractivity contribution is -0.139. The van der Waals surface area contributed by atoms with Crippen LogP contribution < -0.4 is 14.4 Å². The Labute approximate surface area is 249 Å². The molecule has 1 aliphatic carbocycles. The van der Waals surface area contributed by atoms with Gasteiger partial charge in [-0.2, -0.15) is 0 Å². The number of methoxy groups -OCH3 is 1. The molecule has 2 amide bonds. The zero-order valence-corrected chi connectivity index (χ0v) is 25.7. The number of hydrogen-bond acceptors (Lipinski definition) is 5. The Balaban J connectivity index is 1.68. The van der Waals surface area contributed by atoms with Crippen molar-refractivity contribution in [2.45, 2.75) is 76.4 Å². The maximum Gasteiger partial charge on any atom is 0.264 e. The number of sulfonamides is 1. The SMILES string of the molecule is COc1ccc(N(CC(=O)N(Cc2cccc(C)c2)[C@@H](C)C(=O)NC2CCCCC2)S(=O)(=O)c2ccc(C)cc2)cc1. The Hall–Kier alpha value is -3.85. The van der Waals surface area contributed by atoms with Gasteiger partial charge in [0.05, 0.1) is 17.7 Å². The van der Waals surface area contributed by atoms with Gasteiger partial charge in [-0.3, -0.25) is 13.9 Å². The Morgan fingerprint density at radius 3 is 2.21 bits per heavy atom. The summed E-state index contributed by atoms with van der Waals surface area (Å²) >= 11 is 0. The van der Waals surface area contributed by atoms with Gasteiger partial charge in [0.1, 0.15) is 18.3 Å². The van der Waals surface area contributed by atoms with Crippen LogP contribution >= 0.6 is 0 Å². The molecule has 0 unspecified atom stereocenters. The highest BCUT2D eigenvalue weighted by molar-refractivity contribution is 7.92. The van der Waals surface area contributed by atoms with Crippen LogP contribution in [0, 0.1) is 13.8 Å². The fourth-order valence-electron chi connectivity index (χ4n) is 5.27. The first-order valence-electron chi connectivity index (χ1n) is 14.5. The summed E-state index contributed by atoms with van der Waals surface area (Å²) in [6, 6.07) is 20.1. The van der Waals surface area contributed by atoms with E-state index in [-0.39, 0.29) is 23.4 Å². The van der Waals surface area contributed by atoms with Gasteiger partial charge in [-0.05, 0) is 75.6 Å². The molecule has 0 bridgehead atoms. The Kier molecular flexibility index (Phi) is 10.3. The molecule has 3 aromatic rings. The average molecular weight is 592 g/mol. The van der Waals surface area contributed by atoms with Crippen LogP contribution in [-0.4, -0.2) is 50.9 Å². The van der Waals surface area contributed by atoms with Crippen LogP contribution in [0.3, 0.4) is 0 Å². The second-order valence-corrected chi connectivity index (χ2v) is 12.9. The van der Waals surface area contributed by atoms with Crippen LogP contribution in [0.5, 0.6) is 5.75 Å². The Morgan fingerprint density at radius 1 is 0.929 bits per heavy atom. The number of aryl methyl sites for hydroxylation is 2. The van der Waals surface area contributed by atoms with Gasteiger partial charge in [-0.1, -0.05) is 66.8 Å². The molecule has 1 N–H and O–H groups in total. The summed E-state index contributed by atoms with van der Waals surface area (Å²) in [4.78, 5) is 29.1. The molecule has 1 atom stereocenters. The zero-order valence-electron chi connectivity index (χ0n) is 24.9. The molecular formula is C33H41N3O5S. The van der Waals surface area contributed by atoms with E-state index in [1.807, 2.05) is 38.1 Å². The van der Waals surface area contributed by atoms with Gasteiger partial charge in [0, 0.05) is 12.6 Å². The van der Waals surface area contributed by atoms with Crippen molar-refractivity contribution in [1.29, 1.82) is 0 Å². The maximum atomic E-state index is 14.1. The van der Waals surface area contributed by atoms with Crippen molar-refractivity contribution in [3.8, 4) is 5.75 Å². The van der Waals surface area contributed by atoms with E-state index in [9.17, 15) is 18.0 Å². The molecule has 3 aromatic carbocycles. The predicted octanol–water partition coefficient (Wildman–Crippen LogP) is 5.37. The summed E-state index contributed by atoms with van der Waals surface area (Å²) < 4.78 is 34.3. The maximum absolute atomic E-state index is 14.1. The number of nitrogens with one attached hydrogen (secondary N) is 1. The van der Waals surface area contributed by atoms with E-state index < -0.39 is 28.5 Å². The highest BCUT2D eigenvalue weighted by atomic mass is 32.2. The van der Waals surface area contributed by atoms with Crippen molar-refractivity contribution >= 4 is 27.5 Å². The lowest BCUT2D eigenvalue weighted by Gasteiger charge is -2.33. The number of ether oxygens (including phenoxy) is 1. The summed E-state index contributed by atoms with van der Waals surface area (Å²) in [7, 11) is -2.59. The molecule has 42 heavy (non-hydrogen) atoms. The molecule has 1 fully saturated rings. The third-order valence-electron chi connectivity index (χ3n) is 7.80. The molecule has 0 radical (unpaired) electrons. The minimum absolute atomic E-state index is 0.0741. The molecule has 0 saturated heterocycles. The quantitative estimate of drug-likeness (QED) is 0.323. The highest BCUT2D eigenvalue weighted by Gasteiger charge is 2.33. The lowest BCUT2D eigenvalue weighted by Crippen LogP contribution is -2.53. The van der Waals surface area contributed by atoms with E-state index in [1.54, 1.807) is 43.3 Å². The van der Waals surface area contributed by atoms with E-state index >= 15 is 0 Å². The fourth-order valence-corrected chi connectivity index (χ4v) is 6.69. The first-order valence-corrected chi connectivity index (χ1v) is 15.9. The van der Waals surface area contributed by atoms with Crippen LogP contribution in [0.2, 0.25) is 0 Å². The van der Waals surface area contributed by atoms with Crippen molar-refractivity contribution in [2.75, 3.05) is 18.0 Å². The van der Waals surface area contributed by atoms with E-state index in [1.165, 1.54) is 24.1 Å². The van der Waals surface area contributed by atoms with Crippen molar-refractivity contribution < 1.29 is 22.7 Å². The van der Waals surface area contributed by atoms with Crippen LogP contribution in [-0.2, 0) is 26.2 Å². The topological polar surface area (TPSA) is 96.0 Å². The number of hydrogen-bond donors (Lipinski definition) is 1. The van der Waals surface area contributed by atoms with Gasteiger partial charge >= 0.3 is 0 Å². The molecule has 0 aliphatic heterocycles. The van der Waals surface area contributed by atoms with Gasteiger partial charge in [-0.15, -0.1) is 0 Å². The normalized spacial score (nSPS) is 14.6. The van der Waals surface area contributed by atoms with Crippen LogP contribution in [0.1, 0.15) is 55.7 Å². The molecule has 4 rings (SSSR count). The highest BCUT2D eigenvalue weighted by Crippen LogP contribution is 2.27. The number of rotatable bonds is 11. The summed E-state index contributed by atoms with van der Waals surface area (Å²) in [5.74, 6) is -0.151. The smallest absolute Gasteiger partial charge is 0.264 e. The standard InChI is InChI=1S/C33H41N3O5S/c1-24-13-19-31(20-14-24)42(39,40)36(29-15-17-30(41-4)18-16-29)23-32(37)35(22-27-10-8-9-25(2)21-27)26(3)33(38)34-28-11-6-5-7-12-28/h8-10,13-21,26,28H,5-7,11-12,22-23H2,1-4H3,(H,34,38)/t26-/m0/s1. The monoisotopic (exact) mass is 591 g/mol. The number of anilines is 1. The molecule has 0 heterocycles. The second-order valence-electron chi connectivity index (χ2n) is 11.1. The summed E-state index contributed by atoms with van der Waals surface area (Å²) in [5.41, 5.74) is 3.13. The molecule has 0 spiro atoms. The van der Waals surface area contributed by atoms with E-state index in [0.29, 0.717) is 11.4 Å². The molecular weight excluding hydrogens is 550 g/mol. The minimum atomic E-state index is -4.12. The largest absolute Gasteiger partial charge is 0.497 e. The lowest BCUT2D eigenvalue weighted by atomic mass is 9.95. The third kappa shape index (κ3) is 7.70. The number of carbonyl (C=O) groups is 2. The molecule has 9 heteroatoms. The van der Waals surface area contributed by atoms with Crippen molar-refractivity contribution in [1.82, 2.24) is 10.2 Å². The number of carbonyl (C=O) groups excluding carboxylic acids is 2. The summed E-state index contributed by atoms with van der Waals surface area (Å²) in [6.45, 7) is 5.24. The molecule has 0 aromatic heterocycles. The van der Waals surface area contributed by atoms with E-state index in [2.05, 4.69) is 5.32 Å². The van der Waals surface area contributed by atoms with Gasteiger partial charge < -0.3 is 15.0 Å². The number of benzene rings is 3. The molecule has 1 saturated carbocycles. The first kappa shape index (κ1) is 31.1. The molecule has 1 aliphatic rings. The van der Waals surface area contributed by atoms with Crippen molar-refractivity contribution in [3.63, 3.8) is 0 Å². The first-order chi connectivity index (χ1) is 20.1. The molecule has 8 nitrogen and oxygen atoms in total. The van der Waals surface area contributed by atoms with Gasteiger partial charge in [0.2, 0.25) is 11.8 Å². The Bertz CT molecular complexity index is 1470. The number of nitrogens with zero attached hydrogens (tertiary/aromatic N) is 2. The average Bonchev–Trinajstić information content (AvgIpc) is 2.99. The van der Waals surface area contributed by atoms with Gasteiger partial charge in [0.15, 0.2) is 0 Å². The Morgan fingerprint density at radius 2 is 1.60 bits per heavy atom. The van der Waals surface area contributed by atoms with Gasteiger partial charge in [0.25, 0.3) is 10.0 Å². The van der Waals surface area contributed by atoms with Crippen LogP contribution in [0.4, 0.5) is 5.69 Å². The fraction of sp³-hybridized carbons (Fsp3) is 0.394. The summed E-state index contributed by atoms with van der Waals surface area (Å²) in [6.07, 6.45) is 5.14. The second kappa shape index (κ2) is 13.9. The van der Waals surface area contributed by atoms with Crippen molar-refractivity contribution in [2.24, 2.45) is 0 Å². The van der Waals surface area contributed by atoms with Crippen LogP contribution in [0.25, 0.3) is 0 Å². The van der Waals surface area contributed by atoms with E-state index in [0.717, 1.165) is 53.1 Å². The third-order valence-corrected chi connectivity index (χ3v) is 9.59. The predicted molar refractivity (Wildman–Crippen MR) is 165 cm³/mol. The molecule has 224 valence electrons. The minimum Gasteiger partial charge on any atom is -0.497 e. The van der Waals surface area contributed by atoms with Crippen molar-refractivity contribution in [3.05, 3.63) is 89.5 Å².